The number of halogens is 2. The lowest BCUT2D eigenvalue weighted by Crippen LogP contribution is -2.20. The summed E-state index contributed by atoms with van der Waals surface area (Å²) in [7, 11) is 0. The van der Waals surface area contributed by atoms with Crippen molar-refractivity contribution < 1.29 is 29.0 Å². The predicted octanol–water partition coefficient (Wildman–Crippen LogP) is -0.920. The standard InChI is InChI=1S/C3H2F2O3.H2O/c4-2(5)1(6)3(7)8;/h2H,(H,7,8);1H2. The summed E-state index contributed by atoms with van der Waals surface area (Å²) in [6.07, 6.45) is -3.40. The molecule has 0 radical (unpaired) electrons. The molecule has 0 saturated heterocycles. The first kappa shape index (κ1) is 10.9. The molecule has 0 unspecified atom stereocenters. The summed E-state index contributed by atoms with van der Waals surface area (Å²) >= 11 is 0. The van der Waals surface area contributed by atoms with E-state index in [0.29, 0.717) is 0 Å². The maximum Gasteiger partial charge on any atom is 0.378 e. The first-order valence-electron chi connectivity index (χ1n) is 1.61. The van der Waals surface area contributed by atoms with E-state index in [2.05, 4.69) is 0 Å². The van der Waals surface area contributed by atoms with Crippen molar-refractivity contribution in [3.63, 3.8) is 0 Å². The normalized spacial score (nSPS) is 8.33. The third-order valence-corrected chi connectivity index (χ3v) is 0.409. The van der Waals surface area contributed by atoms with E-state index >= 15 is 0 Å². The second-order valence-corrected chi connectivity index (χ2v) is 0.970. The minimum atomic E-state index is -3.40. The Labute approximate surface area is 48.4 Å². The Kier molecular flexibility index (Phi) is 4.71. The molecule has 3 N–H and O–H groups in total. The molecule has 0 saturated carbocycles. The summed E-state index contributed by atoms with van der Waals surface area (Å²) in [5.74, 6) is -4.16. The SMILES string of the molecule is O.O=C(O)C(=O)C(F)F. The van der Waals surface area contributed by atoms with E-state index in [9.17, 15) is 18.4 Å². The van der Waals surface area contributed by atoms with E-state index in [1.54, 1.807) is 0 Å². The highest BCUT2D eigenvalue weighted by molar-refractivity contribution is 6.34. The predicted molar refractivity (Wildman–Crippen MR) is 22.3 cm³/mol. The third-order valence-electron chi connectivity index (χ3n) is 0.409. The number of alkyl halides is 2. The van der Waals surface area contributed by atoms with E-state index in [1.165, 1.54) is 0 Å². The van der Waals surface area contributed by atoms with Gasteiger partial charge in [0.1, 0.15) is 0 Å². The maximum absolute atomic E-state index is 10.9. The van der Waals surface area contributed by atoms with Gasteiger partial charge in [-0.05, 0) is 0 Å². The van der Waals surface area contributed by atoms with E-state index < -0.39 is 18.2 Å². The van der Waals surface area contributed by atoms with Gasteiger partial charge in [-0.25, -0.2) is 13.6 Å². The molecule has 0 aliphatic rings. The highest BCUT2D eigenvalue weighted by Crippen LogP contribution is 1.92. The van der Waals surface area contributed by atoms with Gasteiger partial charge in [-0.3, -0.25) is 4.79 Å². The summed E-state index contributed by atoms with van der Waals surface area (Å²) in [6, 6.07) is 0. The average molecular weight is 142 g/mol. The Hall–Kier alpha value is -1.04. The molecular weight excluding hydrogens is 138 g/mol. The van der Waals surface area contributed by atoms with Gasteiger partial charge in [0, 0.05) is 0 Å². The summed E-state index contributed by atoms with van der Waals surface area (Å²) in [4.78, 5) is 18.8. The maximum atomic E-state index is 10.9. The van der Waals surface area contributed by atoms with Crippen LogP contribution in [0.5, 0.6) is 0 Å². The highest BCUT2D eigenvalue weighted by Gasteiger charge is 2.22. The molecule has 9 heavy (non-hydrogen) atoms. The van der Waals surface area contributed by atoms with Crippen LogP contribution in [0.15, 0.2) is 0 Å². The van der Waals surface area contributed by atoms with Crippen molar-refractivity contribution in [2.45, 2.75) is 6.43 Å². The molecular formula is C3H4F2O4. The van der Waals surface area contributed by atoms with Crippen LogP contribution in [0.3, 0.4) is 0 Å². The van der Waals surface area contributed by atoms with Gasteiger partial charge in [0.15, 0.2) is 0 Å². The van der Waals surface area contributed by atoms with Crippen LogP contribution in [0.1, 0.15) is 0 Å². The molecule has 6 heteroatoms. The van der Waals surface area contributed by atoms with Crippen molar-refractivity contribution in [2.24, 2.45) is 0 Å². The van der Waals surface area contributed by atoms with E-state index in [1.807, 2.05) is 0 Å². The lowest BCUT2D eigenvalue weighted by atomic mass is 10.4. The van der Waals surface area contributed by atoms with Gasteiger partial charge in [-0.15, -0.1) is 0 Å². The van der Waals surface area contributed by atoms with Gasteiger partial charge in [0.25, 0.3) is 0 Å². The molecule has 0 fully saturated rings. The number of hydrogen-bond acceptors (Lipinski definition) is 2. The van der Waals surface area contributed by atoms with Crippen LogP contribution in [-0.2, 0) is 9.59 Å². The van der Waals surface area contributed by atoms with Crippen molar-refractivity contribution in [3.05, 3.63) is 0 Å². The second kappa shape index (κ2) is 3.90. The van der Waals surface area contributed by atoms with Crippen LogP contribution in [0, 0.1) is 0 Å². The van der Waals surface area contributed by atoms with Crippen LogP contribution in [-0.4, -0.2) is 28.8 Å². The molecule has 0 bridgehead atoms. The number of carbonyl (C=O) groups excluding carboxylic acids is 1. The monoisotopic (exact) mass is 142 g/mol. The van der Waals surface area contributed by atoms with Gasteiger partial charge < -0.3 is 10.6 Å². The average Bonchev–Trinajstić information content (AvgIpc) is 1.64. The first-order chi connectivity index (χ1) is 3.55. The number of carbonyl (C=O) groups is 2. The van der Waals surface area contributed by atoms with Gasteiger partial charge in [-0.2, -0.15) is 0 Å². The smallest absolute Gasteiger partial charge is 0.378 e. The number of hydrogen-bond donors (Lipinski definition) is 1. The zero-order valence-electron chi connectivity index (χ0n) is 4.10. The number of rotatable bonds is 2. The molecule has 0 aliphatic heterocycles. The van der Waals surface area contributed by atoms with Crippen molar-refractivity contribution in [2.75, 3.05) is 0 Å². The Balaban J connectivity index is 0. The molecule has 0 heterocycles. The minimum Gasteiger partial charge on any atom is -0.475 e. The summed E-state index contributed by atoms with van der Waals surface area (Å²) in [5.41, 5.74) is 0. The van der Waals surface area contributed by atoms with Crippen LogP contribution in [0.4, 0.5) is 8.78 Å². The van der Waals surface area contributed by atoms with Crippen molar-refractivity contribution in [1.82, 2.24) is 0 Å². The molecule has 54 valence electrons. The Bertz CT molecular complexity index is 121. The largest absolute Gasteiger partial charge is 0.475 e. The Morgan fingerprint density at radius 3 is 1.67 bits per heavy atom. The molecule has 0 rings (SSSR count). The van der Waals surface area contributed by atoms with Gasteiger partial charge >= 0.3 is 18.2 Å². The summed E-state index contributed by atoms with van der Waals surface area (Å²) in [6.45, 7) is 0. The van der Waals surface area contributed by atoms with E-state index in [0.717, 1.165) is 0 Å². The Morgan fingerprint density at radius 2 is 1.67 bits per heavy atom. The fourth-order valence-electron chi connectivity index (χ4n) is 0.0933. The van der Waals surface area contributed by atoms with E-state index in [-0.39, 0.29) is 5.48 Å². The van der Waals surface area contributed by atoms with Crippen LogP contribution < -0.4 is 0 Å². The molecule has 0 atom stereocenters. The zero-order valence-corrected chi connectivity index (χ0v) is 4.10. The number of Topliss-reactive ketones (excluding diaryl/α,β-unsaturated/α-hetero) is 1. The topological polar surface area (TPSA) is 85.9 Å². The molecule has 0 aromatic carbocycles. The fraction of sp³-hybridized carbons (Fsp3) is 0.333. The van der Waals surface area contributed by atoms with Gasteiger partial charge in [0.2, 0.25) is 0 Å². The molecule has 0 amide bonds. The number of aliphatic carboxylic acids is 1. The van der Waals surface area contributed by atoms with Crippen molar-refractivity contribution in [1.29, 1.82) is 0 Å². The number of carboxylic acid groups (broad SMARTS) is 1. The molecule has 0 aromatic heterocycles. The first-order valence-corrected chi connectivity index (χ1v) is 1.61. The Morgan fingerprint density at radius 1 is 1.33 bits per heavy atom. The van der Waals surface area contributed by atoms with Crippen LogP contribution in [0.25, 0.3) is 0 Å². The number of ketones is 1. The molecule has 0 spiro atoms. The highest BCUT2D eigenvalue weighted by atomic mass is 19.3. The zero-order chi connectivity index (χ0) is 6.73. The van der Waals surface area contributed by atoms with E-state index in [4.69, 9.17) is 5.11 Å². The van der Waals surface area contributed by atoms with Crippen LogP contribution >= 0.6 is 0 Å². The summed E-state index contributed by atoms with van der Waals surface area (Å²) < 4.78 is 21.9. The van der Waals surface area contributed by atoms with Gasteiger partial charge in [0.05, 0.1) is 0 Å². The molecule has 4 nitrogen and oxygen atoms in total. The minimum absolute atomic E-state index is 0. The van der Waals surface area contributed by atoms with Crippen LogP contribution in [0.2, 0.25) is 0 Å². The van der Waals surface area contributed by atoms with Gasteiger partial charge in [-0.1, -0.05) is 0 Å². The second-order valence-electron chi connectivity index (χ2n) is 0.970. The number of carboxylic acids is 1. The lowest BCUT2D eigenvalue weighted by molar-refractivity contribution is -0.154. The molecule has 0 aromatic rings. The lowest BCUT2D eigenvalue weighted by Gasteiger charge is -1.86. The fourth-order valence-corrected chi connectivity index (χ4v) is 0.0933. The van der Waals surface area contributed by atoms with Crippen molar-refractivity contribution in [3.8, 4) is 0 Å². The summed E-state index contributed by atoms with van der Waals surface area (Å²) in [5, 5.41) is 7.52. The molecule has 0 aliphatic carbocycles. The quantitative estimate of drug-likeness (QED) is 0.506. The third kappa shape index (κ3) is 3.53. The van der Waals surface area contributed by atoms with Crippen molar-refractivity contribution >= 4 is 11.8 Å².